The van der Waals surface area contributed by atoms with E-state index < -0.39 is 5.97 Å². The number of benzene rings is 1. The third-order valence-corrected chi connectivity index (χ3v) is 4.08. The number of carboxylic acid groups (broad SMARTS) is 1. The standard InChI is InChI=1S/C16H20N2O3/c1-10(6-7-19)9-18-14-5-4-12(16(20)21)8-13(14)17-15(18)11-2-3-11/h4-5,8,10-11,19H,2-3,6-7,9H2,1H3,(H,20,21). The number of carboxylic acids is 1. The zero-order valence-corrected chi connectivity index (χ0v) is 12.1. The van der Waals surface area contributed by atoms with Crippen molar-refractivity contribution in [1.29, 1.82) is 0 Å². The van der Waals surface area contributed by atoms with Gasteiger partial charge in [0, 0.05) is 19.1 Å². The maximum atomic E-state index is 11.1. The number of aromatic carboxylic acids is 1. The average molecular weight is 288 g/mol. The van der Waals surface area contributed by atoms with Gasteiger partial charge in [-0.1, -0.05) is 6.92 Å². The molecular weight excluding hydrogens is 268 g/mol. The minimum atomic E-state index is -0.923. The Bertz CT molecular complexity index is 673. The summed E-state index contributed by atoms with van der Waals surface area (Å²) in [6.45, 7) is 3.12. The van der Waals surface area contributed by atoms with Gasteiger partial charge in [-0.2, -0.15) is 0 Å². The predicted molar refractivity (Wildman–Crippen MR) is 79.5 cm³/mol. The first-order valence-electron chi connectivity index (χ1n) is 7.44. The van der Waals surface area contributed by atoms with Crippen LogP contribution in [0.5, 0.6) is 0 Å². The molecule has 0 radical (unpaired) electrons. The Labute approximate surface area is 123 Å². The van der Waals surface area contributed by atoms with Crippen molar-refractivity contribution in [2.24, 2.45) is 5.92 Å². The predicted octanol–water partition coefficient (Wildman–Crippen LogP) is 2.63. The molecule has 0 saturated heterocycles. The van der Waals surface area contributed by atoms with Crippen LogP contribution in [0.3, 0.4) is 0 Å². The quantitative estimate of drug-likeness (QED) is 0.856. The summed E-state index contributed by atoms with van der Waals surface area (Å²) in [4.78, 5) is 15.8. The van der Waals surface area contributed by atoms with Crippen LogP contribution in [0.25, 0.3) is 11.0 Å². The molecule has 1 aliphatic rings. The highest BCUT2D eigenvalue weighted by Gasteiger charge is 2.30. The molecule has 2 aromatic rings. The Balaban J connectivity index is 2.03. The van der Waals surface area contributed by atoms with Crippen LogP contribution in [-0.4, -0.2) is 32.3 Å². The van der Waals surface area contributed by atoms with Gasteiger partial charge in [-0.15, -0.1) is 0 Å². The van der Waals surface area contributed by atoms with E-state index in [9.17, 15) is 4.79 Å². The second-order valence-corrected chi connectivity index (χ2v) is 5.98. The van der Waals surface area contributed by atoms with E-state index in [1.165, 1.54) is 0 Å². The molecule has 1 unspecified atom stereocenters. The van der Waals surface area contributed by atoms with Crippen LogP contribution >= 0.6 is 0 Å². The lowest BCUT2D eigenvalue weighted by molar-refractivity contribution is 0.0697. The average Bonchev–Trinajstić information content (AvgIpc) is 3.22. The highest BCUT2D eigenvalue weighted by molar-refractivity contribution is 5.92. The Kier molecular flexibility index (Phi) is 3.68. The van der Waals surface area contributed by atoms with Gasteiger partial charge in [0.15, 0.2) is 0 Å². The second-order valence-electron chi connectivity index (χ2n) is 5.98. The number of nitrogens with zero attached hydrogens (tertiary/aromatic N) is 2. The lowest BCUT2D eigenvalue weighted by Gasteiger charge is -2.14. The first-order valence-corrected chi connectivity index (χ1v) is 7.44. The van der Waals surface area contributed by atoms with Crippen LogP contribution in [0.15, 0.2) is 18.2 Å². The molecule has 112 valence electrons. The molecule has 3 rings (SSSR count). The molecule has 1 aromatic heterocycles. The van der Waals surface area contributed by atoms with Gasteiger partial charge in [0.2, 0.25) is 0 Å². The minimum absolute atomic E-state index is 0.190. The van der Waals surface area contributed by atoms with Crippen LogP contribution in [-0.2, 0) is 6.54 Å². The summed E-state index contributed by atoms with van der Waals surface area (Å²) in [5, 5.41) is 18.2. The summed E-state index contributed by atoms with van der Waals surface area (Å²) in [5.41, 5.74) is 2.03. The second kappa shape index (κ2) is 5.48. The van der Waals surface area contributed by atoms with Gasteiger partial charge in [0.05, 0.1) is 16.6 Å². The Morgan fingerprint density at radius 1 is 1.48 bits per heavy atom. The molecule has 1 atom stereocenters. The molecule has 1 saturated carbocycles. The van der Waals surface area contributed by atoms with Gasteiger partial charge >= 0.3 is 5.97 Å². The number of rotatable bonds is 6. The fourth-order valence-corrected chi connectivity index (χ4v) is 2.75. The van der Waals surface area contributed by atoms with E-state index in [0.717, 1.165) is 42.7 Å². The third-order valence-electron chi connectivity index (χ3n) is 4.08. The molecule has 21 heavy (non-hydrogen) atoms. The highest BCUT2D eigenvalue weighted by Crippen LogP contribution is 2.41. The van der Waals surface area contributed by atoms with Crippen LogP contribution in [0.1, 0.15) is 48.3 Å². The van der Waals surface area contributed by atoms with E-state index in [1.807, 2.05) is 6.07 Å². The van der Waals surface area contributed by atoms with Crippen LogP contribution in [0.2, 0.25) is 0 Å². The smallest absolute Gasteiger partial charge is 0.335 e. The Morgan fingerprint density at radius 3 is 2.86 bits per heavy atom. The van der Waals surface area contributed by atoms with Crippen LogP contribution in [0, 0.1) is 5.92 Å². The summed E-state index contributed by atoms with van der Waals surface area (Å²) in [5.74, 6) is 1.02. The Hall–Kier alpha value is -1.88. The number of fused-ring (bicyclic) bond motifs is 1. The first-order chi connectivity index (χ1) is 10.1. The van der Waals surface area contributed by atoms with Gasteiger partial charge < -0.3 is 14.8 Å². The summed E-state index contributed by atoms with van der Waals surface area (Å²) in [6.07, 6.45) is 3.07. The Morgan fingerprint density at radius 2 is 2.24 bits per heavy atom. The molecule has 5 heteroatoms. The van der Waals surface area contributed by atoms with Gasteiger partial charge in [-0.25, -0.2) is 9.78 Å². The molecule has 0 spiro atoms. The van der Waals surface area contributed by atoms with E-state index in [0.29, 0.717) is 11.8 Å². The van der Waals surface area contributed by atoms with Crippen molar-refractivity contribution in [3.63, 3.8) is 0 Å². The van der Waals surface area contributed by atoms with Crippen molar-refractivity contribution >= 4 is 17.0 Å². The molecule has 0 amide bonds. The van der Waals surface area contributed by atoms with Gasteiger partial charge in [0.1, 0.15) is 5.82 Å². The van der Waals surface area contributed by atoms with Gasteiger partial charge in [-0.05, 0) is 43.4 Å². The monoisotopic (exact) mass is 288 g/mol. The fraction of sp³-hybridized carbons (Fsp3) is 0.500. The number of hydrogen-bond donors (Lipinski definition) is 2. The molecule has 0 aliphatic heterocycles. The molecule has 1 heterocycles. The van der Waals surface area contributed by atoms with Gasteiger partial charge in [-0.3, -0.25) is 0 Å². The number of aromatic nitrogens is 2. The largest absolute Gasteiger partial charge is 0.478 e. The zero-order chi connectivity index (χ0) is 15.0. The van der Waals surface area contributed by atoms with E-state index in [2.05, 4.69) is 16.5 Å². The minimum Gasteiger partial charge on any atom is -0.478 e. The zero-order valence-electron chi connectivity index (χ0n) is 12.1. The number of aliphatic hydroxyl groups is 1. The van der Waals surface area contributed by atoms with Crippen molar-refractivity contribution in [2.45, 2.75) is 38.6 Å². The molecule has 5 nitrogen and oxygen atoms in total. The van der Waals surface area contributed by atoms with Crippen molar-refractivity contribution < 1.29 is 15.0 Å². The molecule has 1 aliphatic carbocycles. The topological polar surface area (TPSA) is 75.3 Å². The summed E-state index contributed by atoms with van der Waals surface area (Å²) in [6, 6.07) is 5.14. The molecular formula is C16H20N2O3. The van der Waals surface area contributed by atoms with Crippen molar-refractivity contribution in [1.82, 2.24) is 9.55 Å². The number of hydrogen-bond acceptors (Lipinski definition) is 3. The maximum Gasteiger partial charge on any atom is 0.335 e. The molecule has 1 fully saturated rings. The lowest BCUT2D eigenvalue weighted by atomic mass is 10.1. The van der Waals surface area contributed by atoms with Crippen LogP contribution in [0.4, 0.5) is 0 Å². The third kappa shape index (κ3) is 2.78. The van der Waals surface area contributed by atoms with Gasteiger partial charge in [0.25, 0.3) is 0 Å². The van der Waals surface area contributed by atoms with Crippen LogP contribution < -0.4 is 0 Å². The maximum absolute atomic E-state index is 11.1. The first kappa shape index (κ1) is 14.1. The molecule has 2 N–H and O–H groups in total. The lowest BCUT2D eigenvalue weighted by Crippen LogP contribution is -2.11. The summed E-state index contributed by atoms with van der Waals surface area (Å²) in [7, 11) is 0. The van der Waals surface area contributed by atoms with E-state index in [-0.39, 0.29) is 12.2 Å². The number of aliphatic hydroxyl groups excluding tert-OH is 1. The highest BCUT2D eigenvalue weighted by atomic mass is 16.4. The molecule has 0 bridgehead atoms. The van der Waals surface area contributed by atoms with Crippen molar-refractivity contribution in [3.8, 4) is 0 Å². The number of carbonyl (C=O) groups is 1. The summed E-state index contributed by atoms with van der Waals surface area (Å²) < 4.78 is 2.21. The fourth-order valence-electron chi connectivity index (χ4n) is 2.75. The normalized spacial score (nSPS) is 16.3. The molecule has 1 aromatic carbocycles. The van der Waals surface area contributed by atoms with Crippen molar-refractivity contribution in [2.75, 3.05) is 6.61 Å². The number of imidazole rings is 1. The van der Waals surface area contributed by atoms with E-state index in [4.69, 9.17) is 10.2 Å². The van der Waals surface area contributed by atoms with Crippen molar-refractivity contribution in [3.05, 3.63) is 29.6 Å². The SMILES string of the molecule is CC(CCO)Cn1c(C2CC2)nc2cc(C(=O)O)ccc21. The van der Waals surface area contributed by atoms with E-state index >= 15 is 0 Å². The summed E-state index contributed by atoms with van der Waals surface area (Å²) >= 11 is 0. The van der Waals surface area contributed by atoms with E-state index in [1.54, 1.807) is 12.1 Å².